The monoisotopic (exact) mass is 551 g/mol. The summed E-state index contributed by atoms with van der Waals surface area (Å²) < 4.78 is 34.2. The van der Waals surface area contributed by atoms with Crippen molar-refractivity contribution in [1.82, 2.24) is 10.2 Å². The van der Waals surface area contributed by atoms with Crippen molar-refractivity contribution >= 4 is 27.5 Å². The predicted molar refractivity (Wildman–Crippen MR) is 153 cm³/mol. The molecule has 1 atom stereocenters. The van der Waals surface area contributed by atoms with Gasteiger partial charge in [-0.1, -0.05) is 55.0 Å². The van der Waals surface area contributed by atoms with E-state index < -0.39 is 28.5 Å². The van der Waals surface area contributed by atoms with E-state index in [1.165, 1.54) is 17.0 Å². The third-order valence-corrected chi connectivity index (χ3v) is 8.02. The van der Waals surface area contributed by atoms with Gasteiger partial charge >= 0.3 is 0 Å². The number of aryl methyl sites for hydroxylation is 1. The fourth-order valence-corrected chi connectivity index (χ4v) is 5.41. The van der Waals surface area contributed by atoms with E-state index in [0.717, 1.165) is 21.9 Å². The number of carbonyl (C=O) groups is 2. The number of sulfonamides is 1. The third kappa shape index (κ3) is 7.83. The minimum Gasteiger partial charge on any atom is -0.494 e. The van der Waals surface area contributed by atoms with Crippen LogP contribution in [-0.2, 0) is 26.2 Å². The number of benzene rings is 3. The lowest BCUT2D eigenvalue weighted by Crippen LogP contribution is -2.51. The molecule has 3 rings (SSSR count). The predicted octanol–water partition coefficient (Wildman–Crippen LogP) is 4.53. The molecular weight excluding hydrogens is 514 g/mol. The van der Waals surface area contributed by atoms with Gasteiger partial charge in [-0.25, -0.2) is 8.42 Å². The molecule has 0 fully saturated rings. The molecule has 0 spiro atoms. The van der Waals surface area contributed by atoms with Crippen LogP contribution in [0.1, 0.15) is 38.3 Å². The first-order valence-corrected chi connectivity index (χ1v) is 14.5. The number of hydrogen-bond acceptors (Lipinski definition) is 5. The zero-order valence-corrected chi connectivity index (χ0v) is 23.8. The van der Waals surface area contributed by atoms with Crippen molar-refractivity contribution < 1.29 is 22.7 Å². The van der Waals surface area contributed by atoms with Crippen LogP contribution < -0.4 is 14.4 Å². The number of nitrogens with one attached hydrogen (secondary N) is 1. The highest BCUT2D eigenvalue weighted by molar-refractivity contribution is 7.92. The van der Waals surface area contributed by atoms with E-state index >= 15 is 0 Å². The maximum absolute atomic E-state index is 13.9. The van der Waals surface area contributed by atoms with Gasteiger partial charge in [-0.15, -0.1) is 0 Å². The first-order valence-electron chi connectivity index (χ1n) is 13.1. The number of hydrogen-bond donors (Lipinski definition) is 1. The Morgan fingerprint density at radius 2 is 1.56 bits per heavy atom. The lowest BCUT2D eigenvalue weighted by Gasteiger charge is -2.32. The second-order valence-electron chi connectivity index (χ2n) is 9.23. The fourth-order valence-electron chi connectivity index (χ4n) is 3.99. The van der Waals surface area contributed by atoms with Gasteiger partial charge in [-0.3, -0.25) is 13.9 Å². The average molecular weight is 552 g/mol. The molecule has 39 heavy (non-hydrogen) atoms. The molecule has 0 aliphatic heterocycles. The van der Waals surface area contributed by atoms with Crippen molar-refractivity contribution in [1.29, 1.82) is 0 Å². The van der Waals surface area contributed by atoms with E-state index in [1.807, 2.05) is 45.0 Å². The van der Waals surface area contributed by atoms with Gasteiger partial charge in [-0.2, -0.15) is 0 Å². The van der Waals surface area contributed by atoms with Crippen LogP contribution in [0, 0.1) is 6.92 Å². The molecule has 0 aliphatic carbocycles. The zero-order valence-electron chi connectivity index (χ0n) is 23.0. The van der Waals surface area contributed by atoms with Crippen molar-refractivity contribution in [2.75, 3.05) is 24.0 Å². The van der Waals surface area contributed by atoms with E-state index in [-0.39, 0.29) is 17.3 Å². The van der Waals surface area contributed by atoms with Crippen LogP contribution in [0.3, 0.4) is 0 Å². The molecule has 0 heterocycles. The van der Waals surface area contributed by atoms with Crippen LogP contribution in [0.15, 0.2) is 83.8 Å². The summed E-state index contributed by atoms with van der Waals surface area (Å²) in [6.45, 7) is 8.04. The molecule has 8 nitrogen and oxygen atoms in total. The summed E-state index contributed by atoms with van der Waals surface area (Å²) in [5, 5.41) is 2.84. The maximum Gasteiger partial charge on any atom is 0.264 e. The second kappa shape index (κ2) is 13.8. The summed E-state index contributed by atoms with van der Waals surface area (Å²) >= 11 is 0. The highest BCUT2D eigenvalue weighted by Gasteiger charge is 2.32. The summed E-state index contributed by atoms with van der Waals surface area (Å²) in [5.74, 6) is -0.235. The maximum atomic E-state index is 13.9. The molecule has 0 aliphatic rings. The van der Waals surface area contributed by atoms with Gasteiger partial charge in [-0.05, 0) is 69.2 Å². The van der Waals surface area contributed by atoms with Crippen LogP contribution in [0.25, 0.3) is 0 Å². The third-order valence-electron chi connectivity index (χ3n) is 6.24. The van der Waals surface area contributed by atoms with E-state index in [4.69, 9.17) is 4.74 Å². The van der Waals surface area contributed by atoms with Crippen molar-refractivity contribution in [2.24, 2.45) is 0 Å². The molecule has 208 valence electrons. The quantitative estimate of drug-likeness (QED) is 0.337. The largest absolute Gasteiger partial charge is 0.494 e. The van der Waals surface area contributed by atoms with E-state index in [9.17, 15) is 18.0 Å². The number of para-hydroxylation sites is 1. The summed E-state index contributed by atoms with van der Waals surface area (Å²) in [5.41, 5.74) is 2.25. The molecule has 0 unspecified atom stereocenters. The molecule has 3 aromatic carbocycles. The van der Waals surface area contributed by atoms with Crippen LogP contribution in [0.4, 0.5) is 5.69 Å². The average Bonchev–Trinajstić information content (AvgIpc) is 2.94. The van der Waals surface area contributed by atoms with E-state index in [0.29, 0.717) is 24.6 Å². The molecule has 0 saturated heterocycles. The topological polar surface area (TPSA) is 96.0 Å². The number of rotatable bonds is 13. The highest BCUT2D eigenvalue weighted by Crippen LogP contribution is 2.26. The van der Waals surface area contributed by atoms with E-state index in [1.54, 1.807) is 49.4 Å². The normalized spacial score (nSPS) is 11.9. The van der Waals surface area contributed by atoms with Gasteiger partial charge in [0.25, 0.3) is 10.0 Å². The first kappa shape index (κ1) is 29.7. The minimum absolute atomic E-state index is 0.0291. The van der Waals surface area contributed by atoms with Gasteiger partial charge in [0.15, 0.2) is 0 Å². The lowest BCUT2D eigenvalue weighted by atomic mass is 10.1. The Kier molecular flexibility index (Phi) is 10.5. The Hall–Kier alpha value is -3.85. The number of ether oxygens (including phenoxy) is 1. The van der Waals surface area contributed by atoms with E-state index in [2.05, 4.69) is 5.32 Å². The Labute approximate surface area is 231 Å². The second-order valence-corrected chi connectivity index (χ2v) is 11.1. The van der Waals surface area contributed by atoms with Crippen LogP contribution in [0.2, 0.25) is 0 Å². The van der Waals surface area contributed by atoms with Crippen molar-refractivity contribution in [3.8, 4) is 5.75 Å². The Bertz CT molecular complexity index is 1330. The standard InChI is InChI=1S/C30H37N3O5S/c1-5-20-31-30(35)24(4)32(21-25-14-12-23(3)13-15-25)29(34)22-33(26-10-8-7-9-11-26)39(36,37)28-18-16-27(17-19-28)38-6-2/h7-19,24H,5-6,20-22H2,1-4H3,(H,31,35)/t24-/m1/s1. The minimum atomic E-state index is -4.12. The SMILES string of the molecule is CCCNC(=O)[C@@H](C)N(Cc1ccc(C)cc1)C(=O)CN(c1ccccc1)S(=O)(=O)c1ccc(OCC)cc1. The van der Waals surface area contributed by atoms with Gasteiger partial charge in [0.05, 0.1) is 17.2 Å². The van der Waals surface area contributed by atoms with Crippen molar-refractivity contribution in [3.63, 3.8) is 0 Å². The molecule has 0 saturated carbocycles. The summed E-state index contributed by atoms with van der Waals surface area (Å²) in [7, 11) is -4.12. The summed E-state index contributed by atoms with van der Waals surface area (Å²) in [6.07, 6.45) is 0.756. The number of anilines is 1. The van der Waals surface area contributed by atoms with Crippen LogP contribution in [0.5, 0.6) is 5.75 Å². The molecule has 2 amide bonds. The van der Waals surface area contributed by atoms with Gasteiger partial charge in [0.1, 0.15) is 18.3 Å². The summed E-state index contributed by atoms with van der Waals surface area (Å²) in [6, 6.07) is 21.5. The molecule has 0 bridgehead atoms. The fraction of sp³-hybridized carbons (Fsp3) is 0.333. The molecule has 0 radical (unpaired) electrons. The Morgan fingerprint density at radius 3 is 2.15 bits per heavy atom. The van der Waals surface area contributed by atoms with Crippen LogP contribution in [-0.4, -0.2) is 50.9 Å². The summed E-state index contributed by atoms with van der Waals surface area (Å²) in [4.78, 5) is 28.2. The molecule has 9 heteroatoms. The Balaban J connectivity index is 1.97. The first-order chi connectivity index (χ1) is 18.7. The Morgan fingerprint density at radius 1 is 0.923 bits per heavy atom. The zero-order chi connectivity index (χ0) is 28.4. The number of amides is 2. The lowest BCUT2D eigenvalue weighted by molar-refractivity contribution is -0.139. The van der Waals surface area contributed by atoms with Crippen molar-refractivity contribution in [3.05, 3.63) is 90.0 Å². The van der Waals surface area contributed by atoms with Gasteiger partial charge in [0, 0.05) is 13.1 Å². The van der Waals surface area contributed by atoms with Gasteiger partial charge < -0.3 is 15.0 Å². The van der Waals surface area contributed by atoms with Crippen LogP contribution >= 0.6 is 0 Å². The number of carbonyl (C=O) groups excluding carboxylic acids is 2. The smallest absolute Gasteiger partial charge is 0.264 e. The molecular formula is C30H37N3O5S. The molecule has 1 N–H and O–H groups in total. The van der Waals surface area contributed by atoms with Gasteiger partial charge in [0.2, 0.25) is 11.8 Å². The van der Waals surface area contributed by atoms with Crippen molar-refractivity contribution in [2.45, 2.75) is 51.6 Å². The molecule has 3 aromatic rings. The molecule has 0 aromatic heterocycles. The highest BCUT2D eigenvalue weighted by atomic mass is 32.2. The number of nitrogens with zero attached hydrogens (tertiary/aromatic N) is 2.